The molecule has 2 aliphatic rings. The molecule has 0 aliphatic carbocycles. The zero-order chi connectivity index (χ0) is 16.4. The second-order valence-corrected chi connectivity index (χ2v) is 6.99. The molecule has 4 heterocycles. The molecule has 2 aliphatic heterocycles. The molecule has 7 heteroatoms. The standard InChI is InChI=1S/C17H20N4O2S/c22-16(18-10-12-3-7-23-8-4-12)14-2-1-6-21(14)15-13-5-9-24-17(13)20-11-19-15/h3,5,9,11,14H,1-2,4,6-8,10H2,(H,18,22). The van der Waals surface area contributed by atoms with Gasteiger partial charge in [0.05, 0.1) is 18.6 Å². The van der Waals surface area contributed by atoms with Gasteiger partial charge in [-0.1, -0.05) is 11.6 Å². The van der Waals surface area contributed by atoms with E-state index in [9.17, 15) is 4.79 Å². The largest absolute Gasteiger partial charge is 0.377 e. The number of ether oxygens (including phenoxy) is 1. The first kappa shape index (κ1) is 15.5. The van der Waals surface area contributed by atoms with Crippen LogP contribution in [0, 0.1) is 0 Å². The highest BCUT2D eigenvalue weighted by Gasteiger charge is 2.32. The van der Waals surface area contributed by atoms with Crippen LogP contribution in [0.15, 0.2) is 29.4 Å². The van der Waals surface area contributed by atoms with E-state index in [0.717, 1.165) is 48.4 Å². The number of hydrogen-bond donors (Lipinski definition) is 1. The average Bonchev–Trinajstić information content (AvgIpc) is 3.29. The van der Waals surface area contributed by atoms with Crippen LogP contribution in [0.5, 0.6) is 0 Å². The molecule has 24 heavy (non-hydrogen) atoms. The van der Waals surface area contributed by atoms with Crippen molar-refractivity contribution >= 4 is 33.3 Å². The summed E-state index contributed by atoms with van der Waals surface area (Å²) in [5.41, 5.74) is 1.25. The van der Waals surface area contributed by atoms with Crippen LogP contribution in [0.1, 0.15) is 19.3 Å². The first-order valence-electron chi connectivity index (χ1n) is 8.31. The van der Waals surface area contributed by atoms with E-state index in [1.54, 1.807) is 17.7 Å². The minimum atomic E-state index is -0.150. The number of aromatic nitrogens is 2. The van der Waals surface area contributed by atoms with Gasteiger partial charge >= 0.3 is 0 Å². The van der Waals surface area contributed by atoms with Crippen LogP contribution in [-0.4, -0.2) is 48.2 Å². The van der Waals surface area contributed by atoms with Crippen LogP contribution in [0.3, 0.4) is 0 Å². The number of carbonyl (C=O) groups is 1. The fraction of sp³-hybridized carbons (Fsp3) is 0.471. The molecule has 6 nitrogen and oxygen atoms in total. The van der Waals surface area contributed by atoms with Gasteiger partial charge in [-0.05, 0) is 30.7 Å². The van der Waals surface area contributed by atoms with Crippen molar-refractivity contribution in [3.63, 3.8) is 0 Å². The van der Waals surface area contributed by atoms with E-state index < -0.39 is 0 Å². The van der Waals surface area contributed by atoms with Crippen molar-refractivity contribution in [1.29, 1.82) is 0 Å². The Bertz CT molecular complexity index is 773. The summed E-state index contributed by atoms with van der Waals surface area (Å²) in [5.74, 6) is 0.964. The second-order valence-electron chi connectivity index (χ2n) is 6.09. The van der Waals surface area contributed by atoms with Crippen molar-refractivity contribution < 1.29 is 9.53 Å². The van der Waals surface area contributed by atoms with Crippen molar-refractivity contribution in [3.8, 4) is 0 Å². The predicted octanol–water partition coefficient (Wildman–Crippen LogP) is 2.12. The van der Waals surface area contributed by atoms with Crippen LogP contribution >= 0.6 is 11.3 Å². The lowest BCUT2D eigenvalue weighted by Gasteiger charge is -2.25. The summed E-state index contributed by atoms with van der Waals surface area (Å²) >= 11 is 1.60. The average molecular weight is 344 g/mol. The van der Waals surface area contributed by atoms with Gasteiger partial charge in [0.15, 0.2) is 0 Å². The highest BCUT2D eigenvalue weighted by Crippen LogP contribution is 2.31. The fourth-order valence-corrected chi connectivity index (χ4v) is 4.07. The molecule has 2 aromatic rings. The van der Waals surface area contributed by atoms with Gasteiger partial charge in [0.2, 0.25) is 5.91 Å². The third-order valence-corrected chi connectivity index (χ3v) is 5.44. The molecule has 0 radical (unpaired) electrons. The van der Waals surface area contributed by atoms with E-state index in [4.69, 9.17) is 4.74 Å². The van der Waals surface area contributed by atoms with Gasteiger partial charge in [0.25, 0.3) is 0 Å². The molecule has 1 atom stereocenters. The van der Waals surface area contributed by atoms with Gasteiger partial charge < -0.3 is 15.0 Å². The molecular formula is C17H20N4O2S. The normalized spacial score (nSPS) is 21.1. The van der Waals surface area contributed by atoms with E-state index >= 15 is 0 Å². The molecule has 4 rings (SSSR count). The number of carbonyl (C=O) groups excluding carboxylic acids is 1. The highest BCUT2D eigenvalue weighted by atomic mass is 32.1. The number of rotatable bonds is 4. The van der Waals surface area contributed by atoms with Crippen molar-refractivity contribution in [2.24, 2.45) is 0 Å². The summed E-state index contributed by atoms with van der Waals surface area (Å²) in [6.07, 6.45) is 6.42. The lowest BCUT2D eigenvalue weighted by atomic mass is 10.1. The van der Waals surface area contributed by atoms with Gasteiger partial charge in [-0.2, -0.15) is 0 Å². The quantitative estimate of drug-likeness (QED) is 0.861. The fourth-order valence-electron chi connectivity index (χ4n) is 3.34. The van der Waals surface area contributed by atoms with E-state index in [0.29, 0.717) is 13.2 Å². The molecule has 2 aromatic heterocycles. The summed E-state index contributed by atoms with van der Waals surface area (Å²) in [6, 6.07) is 1.89. The first-order chi connectivity index (χ1) is 11.8. The SMILES string of the molecule is O=C(NCC1=CCOCC1)C1CCCN1c1ncnc2sccc12. The number of anilines is 1. The van der Waals surface area contributed by atoms with Gasteiger partial charge in [-0.3, -0.25) is 4.79 Å². The summed E-state index contributed by atoms with van der Waals surface area (Å²) < 4.78 is 5.30. The molecule has 126 valence electrons. The van der Waals surface area contributed by atoms with Crippen LogP contribution in [0.4, 0.5) is 5.82 Å². The van der Waals surface area contributed by atoms with Gasteiger partial charge in [0, 0.05) is 13.1 Å². The van der Waals surface area contributed by atoms with E-state index in [1.807, 2.05) is 11.4 Å². The Morgan fingerprint density at radius 2 is 2.42 bits per heavy atom. The maximum Gasteiger partial charge on any atom is 0.243 e. The van der Waals surface area contributed by atoms with Crippen LogP contribution in [0.25, 0.3) is 10.2 Å². The topological polar surface area (TPSA) is 67.3 Å². The Balaban J connectivity index is 1.49. The molecule has 1 amide bonds. The summed E-state index contributed by atoms with van der Waals surface area (Å²) in [4.78, 5) is 24.6. The van der Waals surface area contributed by atoms with Gasteiger partial charge in [0.1, 0.15) is 23.0 Å². The molecule has 1 saturated heterocycles. The highest BCUT2D eigenvalue weighted by molar-refractivity contribution is 7.16. The zero-order valence-electron chi connectivity index (χ0n) is 13.4. The lowest BCUT2D eigenvalue weighted by molar-refractivity contribution is -0.122. The first-order valence-corrected chi connectivity index (χ1v) is 9.19. The number of thiophene rings is 1. The molecule has 1 N–H and O–H groups in total. The van der Waals surface area contributed by atoms with Crippen molar-refractivity contribution in [1.82, 2.24) is 15.3 Å². The zero-order valence-corrected chi connectivity index (χ0v) is 14.2. The van der Waals surface area contributed by atoms with Gasteiger partial charge in [-0.15, -0.1) is 11.3 Å². The molecule has 0 aromatic carbocycles. The lowest BCUT2D eigenvalue weighted by Crippen LogP contribution is -2.44. The third kappa shape index (κ3) is 3.01. The van der Waals surface area contributed by atoms with Crippen LogP contribution < -0.4 is 10.2 Å². The van der Waals surface area contributed by atoms with Crippen molar-refractivity contribution in [2.75, 3.05) is 31.2 Å². The number of amides is 1. The number of fused-ring (bicyclic) bond motifs is 1. The minimum Gasteiger partial charge on any atom is -0.377 e. The number of nitrogens with one attached hydrogen (secondary N) is 1. The predicted molar refractivity (Wildman–Crippen MR) is 94.3 cm³/mol. The van der Waals surface area contributed by atoms with E-state index in [-0.39, 0.29) is 11.9 Å². The Kier molecular flexibility index (Phi) is 4.44. The van der Waals surface area contributed by atoms with E-state index in [1.165, 1.54) is 5.57 Å². The number of nitrogens with zero attached hydrogens (tertiary/aromatic N) is 3. The molecule has 0 bridgehead atoms. The monoisotopic (exact) mass is 344 g/mol. The Labute approximate surface area is 144 Å². The number of hydrogen-bond acceptors (Lipinski definition) is 6. The summed E-state index contributed by atoms with van der Waals surface area (Å²) in [6.45, 7) is 2.87. The molecule has 0 saturated carbocycles. The second kappa shape index (κ2) is 6.86. The van der Waals surface area contributed by atoms with Crippen molar-refractivity contribution in [2.45, 2.75) is 25.3 Å². The minimum absolute atomic E-state index is 0.0851. The Morgan fingerprint density at radius 3 is 3.29 bits per heavy atom. The smallest absolute Gasteiger partial charge is 0.243 e. The third-order valence-electron chi connectivity index (χ3n) is 4.62. The van der Waals surface area contributed by atoms with Gasteiger partial charge in [-0.25, -0.2) is 9.97 Å². The Hall–Kier alpha value is -1.99. The molecule has 0 spiro atoms. The Morgan fingerprint density at radius 1 is 1.46 bits per heavy atom. The maximum atomic E-state index is 12.7. The maximum absolute atomic E-state index is 12.7. The molecular weight excluding hydrogens is 324 g/mol. The molecule has 1 fully saturated rings. The summed E-state index contributed by atoms with van der Waals surface area (Å²) in [7, 11) is 0. The summed E-state index contributed by atoms with van der Waals surface area (Å²) in [5, 5.41) is 6.15. The van der Waals surface area contributed by atoms with Crippen molar-refractivity contribution in [3.05, 3.63) is 29.4 Å². The van der Waals surface area contributed by atoms with E-state index in [2.05, 4.69) is 26.3 Å². The molecule has 1 unspecified atom stereocenters. The van der Waals surface area contributed by atoms with Crippen LogP contribution in [-0.2, 0) is 9.53 Å². The van der Waals surface area contributed by atoms with Crippen LogP contribution in [0.2, 0.25) is 0 Å².